The van der Waals surface area contributed by atoms with Crippen LogP contribution in [0.1, 0.15) is 12.8 Å². The third kappa shape index (κ3) is 3.44. The van der Waals surface area contributed by atoms with Gasteiger partial charge >= 0.3 is 5.69 Å². The van der Waals surface area contributed by atoms with Crippen molar-refractivity contribution >= 4 is 29.7 Å². The molecule has 0 aliphatic carbocycles. The number of nitrogens with one attached hydrogen (secondary N) is 2. The van der Waals surface area contributed by atoms with Crippen LogP contribution < -0.4 is 16.4 Å². The van der Waals surface area contributed by atoms with Crippen LogP contribution >= 0.6 is 12.4 Å². The molecule has 0 radical (unpaired) electrons. The Morgan fingerprint density at radius 3 is 2.89 bits per heavy atom. The van der Waals surface area contributed by atoms with Gasteiger partial charge in [0.2, 0.25) is 5.82 Å². The molecule has 0 spiro atoms. The van der Waals surface area contributed by atoms with Crippen molar-refractivity contribution in [1.29, 1.82) is 0 Å². The number of aromatic nitrogens is 1. The van der Waals surface area contributed by atoms with Crippen molar-refractivity contribution in [3.63, 3.8) is 0 Å². The Bertz CT molecular complexity index is 423. The SMILES string of the molecule is Cl.Nc1nc(NC2CCCNC2)ccc1[N+](=O)[O-]. The molecule has 1 fully saturated rings. The molecule has 1 atom stereocenters. The van der Waals surface area contributed by atoms with Crippen LogP contribution in [-0.4, -0.2) is 29.0 Å². The van der Waals surface area contributed by atoms with Gasteiger partial charge in [-0.25, -0.2) is 4.98 Å². The van der Waals surface area contributed by atoms with Crippen LogP contribution in [0.15, 0.2) is 12.1 Å². The van der Waals surface area contributed by atoms with Gasteiger partial charge in [0.25, 0.3) is 0 Å². The largest absolute Gasteiger partial charge is 0.378 e. The molecule has 0 bridgehead atoms. The first-order valence-electron chi connectivity index (χ1n) is 5.55. The summed E-state index contributed by atoms with van der Waals surface area (Å²) in [4.78, 5) is 14.0. The van der Waals surface area contributed by atoms with Crippen LogP contribution in [0.2, 0.25) is 0 Å². The fraction of sp³-hybridized carbons (Fsp3) is 0.500. The van der Waals surface area contributed by atoms with Crippen LogP contribution in [-0.2, 0) is 0 Å². The van der Waals surface area contributed by atoms with Crippen molar-refractivity contribution < 1.29 is 4.92 Å². The minimum atomic E-state index is -0.533. The summed E-state index contributed by atoms with van der Waals surface area (Å²) in [5.41, 5.74) is 5.36. The lowest BCUT2D eigenvalue weighted by atomic mass is 10.1. The first-order chi connectivity index (χ1) is 8.16. The zero-order valence-electron chi connectivity index (χ0n) is 9.76. The molecule has 1 aromatic rings. The standard InChI is InChI=1S/C10H15N5O2.ClH/c11-10-8(15(16)17)3-4-9(14-10)13-7-2-1-5-12-6-7;/h3-4,7,12H,1-2,5-6H2,(H3,11,13,14);1H. The van der Waals surface area contributed by atoms with Gasteiger partial charge in [-0.2, -0.15) is 0 Å². The highest BCUT2D eigenvalue weighted by molar-refractivity contribution is 5.85. The minimum Gasteiger partial charge on any atom is -0.378 e. The molecule has 18 heavy (non-hydrogen) atoms. The molecule has 0 saturated carbocycles. The predicted octanol–water partition coefficient (Wildman–Crippen LogP) is 1.16. The Balaban J connectivity index is 0.00000162. The van der Waals surface area contributed by atoms with Crippen molar-refractivity contribution in [3.8, 4) is 0 Å². The summed E-state index contributed by atoms with van der Waals surface area (Å²) in [6.07, 6.45) is 2.17. The second-order valence-electron chi connectivity index (χ2n) is 4.05. The quantitative estimate of drug-likeness (QED) is 0.564. The van der Waals surface area contributed by atoms with E-state index in [1.807, 2.05) is 0 Å². The highest BCUT2D eigenvalue weighted by Crippen LogP contribution is 2.21. The third-order valence-electron chi connectivity index (χ3n) is 2.75. The average Bonchev–Trinajstić information content (AvgIpc) is 2.30. The Labute approximate surface area is 111 Å². The molecule has 1 aliphatic heterocycles. The average molecular weight is 274 g/mol. The maximum atomic E-state index is 10.6. The Morgan fingerprint density at radius 2 is 2.33 bits per heavy atom. The van der Waals surface area contributed by atoms with E-state index in [1.165, 1.54) is 6.07 Å². The summed E-state index contributed by atoms with van der Waals surface area (Å²) in [5, 5.41) is 17.1. The van der Waals surface area contributed by atoms with Gasteiger partial charge in [-0.05, 0) is 25.5 Å². The molecule has 4 N–H and O–H groups in total. The van der Waals surface area contributed by atoms with Gasteiger partial charge in [-0.1, -0.05) is 0 Å². The van der Waals surface area contributed by atoms with Crippen molar-refractivity contribution in [1.82, 2.24) is 10.3 Å². The monoisotopic (exact) mass is 273 g/mol. The molecule has 1 aliphatic rings. The van der Waals surface area contributed by atoms with E-state index in [-0.39, 0.29) is 23.9 Å². The molecular formula is C10H16ClN5O2. The number of piperidine rings is 1. The van der Waals surface area contributed by atoms with Gasteiger partial charge in [-0.3, -0.25) is 10.1 Å². The summed E-state index contributed by atoms with van der Waals surface area (Å²) in [5.74, 6) is 0.533. The fourth-order valence-corrected chi connectivity index (χ4v) is 1.89. The number of pyridine rings is 1. The molecule has 100 valence electrons. The van der Waals surface area contributed by atoms with Gasteiger partial charge in [0, 0.05) is 18.7 Å². The second-order valence-corrected chi connectivity index (χ2v) is 4.05. The number of halogens is 1. The number of nitro groups is 1. The van der Waals surface area contributed by atoms with Crippen LogP contribution in [0.5, 0.6) is 0 Å². The molecule has 7 nitrogen and oxygen atoms in total. The van der Waals surface area contributed by atoms with E-state index in [0.29, 0.717) is 11.9 Å². The lowest BCUT2D eigenvalue weighted by Crippen LogP contribution is -2.38. The van der Waals surface area contributed by atoms with Crippen LogP contribution in [0.3, 0.4) is 0 Å². The number of nitrogens with two attached hydrogens (primary N) is 1. The summed E-state index contributed by atoms with van der Waals surface area (Å²) < 4.78 is 0. The third-order valence-corrected chi connectivity index (χ3v) is 2.75. The predicted molar refractivity (Wildman–Crippen MR) is 72.1 cm³/mol. The van der Waals surface area contributed by atoms with Gasteiger partial charge < -0.3 is 16.4 Å². The summed E-state index contributed by atoms with van der Waals surface area (Å²) in [7, 11) is 0. The summed E-state index contributed by atoms with van der Waals surface area (Å²) >= 11 is 0. The summed E-state index contributed by atoms with van der Waals surface area (Å²) in [6.45, 7) is 1.91. The maximum Gasteiger partial charge on any atom is 0.311 e. The molecule has 0 aromatic carbocycles. The molecule has 8 heteroatoms. The van der Waals surface area contributed by atoms with Gasteiger partial charge in [-0.15, -0.1) is 12.4 Å². The first kappa shape index (κ1) is 14.5. The smallest absolute Gasteiger partial charge is 0.311 e. The normalized spacial score (nSPS) is 18.8. The van der Waals surface area contributed by atoms with Crippen molar-refractivity contribution in [2.45, 2.75) is 18.9 Å². The van der Waals surface area contributed by atoms with E-state index in [9.17, 15) is 10.1 Å². The van der Waals surface area contributed by atoms with Crippen molar-refractivity contribution in [2.24, 2.45) is 0 Å². The Hall–Kier alpha value is -1.60. The highest BCUT2D eigenvalue weighted by atomic mass is 35.5. The Kier molecular flexibility index (Phi) is 5.11. The van der Waals surface area contributed by atoms with Crippen LogP contribution in [0.25, 0.3) is 0 Å². The summed E-state index contributed by atoms with van der Waals surface area (Å²) in [6, 6.07) is 3.27. The molecule has 1 unspecified atom stereocenters. The zero-order valence-corrected chi connectivity index (χ0v) is 10.6. The molecular weight excluding hydrogens is 258 g/mol. The fourth-order valence-electron chi connectivity index (χ4n) is 1.89. The number of anilines is 2. The number of hydrogen-bond acceptors (Lipinski definition) is 6. The van der Waals surface area contributed by atoms with E-state index >= 15 is 0 Å². The lowest BCUT2D eigenvalue weighted by molar-refractivity contribution is -0.384. The number of nitrogen functional groups attached to an aromatic ring is 1. The van der Waals surface area contributed by atoms with Crippen LogP contribution in [0.4, 0.5) is 17.3 Å². The highest BCUT2D eigenvalue weighted by Gasteiger charge is 2.16. The maximum absolute atomic E-state index is 10.6. The molecule has 0 amide bonds. The molecule has 2 rings (SSSR count). The molecule has 1 aromatic heterocycles. The number of rotatable bonds is 3. The second kappa shape index (κ2) is 6.36. The zero-order chi connectivity index (χ0) is 12.3. The molecule has 1 saturated heterocycles. The van der Waals surface area contributed by atoms with Gasteiger partial charge in [0.15, 0.2) is 0 Å². The van der Waals surface area contributed by atoms with E-state index < -0.39 is 4.92 Å². The van der Waals surface area contributed by atoms with Crippen LogP contribution in [0, 0.1) is 10.1 Å². The van der Waals surface area contributed by atoms with Gasteiger partial charge in [0.05, 0.1) is 4.92 Å². The Morgan fingerprint density at radius 1 is 1.56 bits per heavy atom. The van der Waals surface area contributed by atoms with E-state index in [0.717, 1.165) is 25.9 Å². The van der Waals surface area contributed by atoms with Gasteiger partial charge in [0.1, 0.15) is 5.82 Å². The number of nitrogens with zero attached hydrogens (tertiary/aromatic N) is 2. The molecule has 2 heterocycles. The van der Waals surface area contributed by atoms with Crippen molar-refractivity contribution in [2.75, 3.05) is 24.1 Å². The topological polar surface area (TPSA) is 106 Å². The van der Waals surface area contributed by atoms with Crippen molar-refractivity contribution in [3.05, 3.63) is 22.2 Å². The van der Waals surface area contributed by atoms with E-state index in [2.05, 4.69) is 15.6 Å². The number of hydrogen-bond donors (Lipinski definition) is 3. The lowest BCUT2D eigenvalue weighted by Gasteiger charge is -2.24. The van der Waals surface area contributed by atoms with E-state index in [4.69, 9.17) is 5.73 Å². The minimum absolute atomic E-state index is 0. The van der Waals surface area contributed by atoms with E-state index in [1.54, 1.807) is 6.07 Å². The first-order valence-corrected chi connectivity index (χ1v) is 5.55.